The normalized spacial score (nSPS) is 15.0. The van der Waals surface area contributed by atoms with Crippen molar-refractivity contribution in [1.29, 1.82) is 0 Å². The van der Waals surface area contributed by atoms with Crippen LogP contribution < -0.4 is 9.88 Å². The number of piperazine rings is 1. The number of aromatic nitrogens is 1. The molecule has 5 nitrogen and oxygen atoms in total. The molecule has 28 heavy (non-hydrogen) atoms. The Morgan fingerprint density at radius 1 is 1.07 bits per heavy atom. The number of hydrogen-bond donors (Lipinski definition) is 0. The molecule has 1 aliphatic rings. The monoisotopic (exact) mass is 432 g/mol. The van der Waals surface area contributed by atoms with Gasteiger partial charge in [-0.15, -0.1) is 11.3 Å². The minimum atomic E-state index is -4.38. The molecule has 150 valence electrons. The van der Waals surface area contributed by atoms with E-state index in [9.17, 15) is 22.8 Å². The first-order chi connectivity index (χ1) is 13.2. The SMILES string of the molecule is O=C(CCC(=O)N1CCN(c2ccc(C(F)(F)F)c[nH+]2)CC1)c1ccc(Cl)s1. The lowest BCUT2D eigenvalue weighted by Crippen LogP contribution is -2.50. The molecule has 10 heteroatoms. The maximum absolute atomic E-state index is 12.6. The third-order valence-electron chi connectivity index (χ3n) is 4.51. The Morgan fingerprint density at radius 3 is 2.32 bits per heavy atom. The number of amides is 1. The Labute approximate surface area is 168 Å². The van der Waals surface area contributed by atoms with Gasteiger partial charge in [0, 0.05) is 18.9 Å². The Kier molecular flexibility index (Phi) is 6.24. The van der Waals surface area contributed by atoms with Crippen molar-refractivity contribution in [3.05, 3.63) is 45.2 Å². The number of pyridine rings is 1. The summed E-state index contributed by atoms with van der Waals surface area (Å²) in [6.45, 7) is 1.91. The van der Waals surface area contributed by atoms with E-state index in [-0.39, 0.29) is 24.5 Å². The van der Waals surface area contributed by atoms with Crippen LogP contribution in [0.1, 0.15) is 28.1 Å². The number of thiophene rings is 1. The predicted octanol–water partition coefficient (Wildman–Crippen LogP) is 3.55. The highest BCUT2D eigenvalue weighted by Gasteiger charge is 2.33. The number of alkyl halides is 3. The number of anilines is 1. The van der Waals surface area contributed by atoms with Crippen molar-refractivity contribution in [1.82, 2.24) is 4.90 Å². The molecule has 0 spiro atoms. The van der Waals surface area contributed by atoms with Gasteiger partial charge in [-0.1, -0.05) is 11.6 Å². The maximum Gasteiger partial charge on any atom is 0.419 e. The summed E-state index contributed by atoms with van der Waals surface area (Å²) in [4.78, 5) is 31.2. The van der Waals surface area contributed by atoms with E-state index < -0.39 is 11.7 Å². The number of nitrogens with one attached hydrogen (secondary N) is 1. The average Bonchev–Trinajstić information content (AvgIpc) is 3.12. The smallest absolute Gasteiger partial charge is 0.335 e. The highest BCUT2D eigenvalue weighted by Crippen LogP contribution is 2.28. The number of halogens is 4. The molecule has 1 saturated heterocycles. The zero-order chi connectivity index (χ0) is 20.3. The number of hydrogen-bond acceptors (Lipinski definition) is 4. The standard InChI is InChI=1S/C18H17ClF3N3O2S/c19-15-4-3-14(28-15)13(26)2-6-17(27)25-9-7-24(8-10-25)16-5-1-12(11-23-16)18(20,21)22/h1,3-5,11H,2,6-10H2/p+1. The second-order valence-corrected chi connectivity index (χ2v) is 8.07. The van der Waals surface area contributed by atoms with Crippen LogP contribution in [0.25, 0.3) is 0 Å². The largest absolute Gasteiger partial charge is 0.419 e. The zero-order valence-electron chi connectivity index (χ0n) is 14.8. The number of aromatic amines is 1. The van der Waals surface area contributed by atoms with Crippen molar-refractivity contribution in [3.8, 4) is 0 Å². The molecule has 0 bridgehead atoms. The molecule has 1 aliphatic heterocycles. The van der Waals surface area contributed by atoms with E-state index in [4.69, 9.17) is 11.6 Å². The first kappa shape index (κ1) is 20.6. The van der Waals surface area contributed by atoms with Gasteiger partial charge >= 0.3 is 6.18 Å². The van der Waals surface area contributed by atoms with Gasteiger partial charge < -0.3 is 4.90 Å². The van der Waals surface area contributed by atoms with Gasteiger partial charge in [0.2, 0.25) is 5.91 Å². The van der Waals surface area contributed by atoms with Crippen molar-refractivity contribution in [3.63, 3.8) is 0 Å². The lowest BCUT2D eigenvalue weighted by Gasteiger charge is -2.31. The fourth-order valence-electron chi connectivity index (χ4n) is 2.95. The van der Waals surface area contributed by atoms with Gasteiger partial charge in [-0.05, 0) is 18.2 Å². The van der Waals surface area contributed by atoms with E-state index in [1.807, 2.05) is 4.90 Å². The maximum atomic E-state index is 12.6. The molecule has 0 atom stereocenters. The minimum Gasteiger partial charge on any atom is -0.335 e. The number of H-pyrrole nitrogens is 1. The van der Waals surface area contributed by atoms with Crippen LogP contribution in [0.3, 0.4) is 0 Å². The van der Waals surface area contributed by atoms with Crippen molar-refractivity contribution < 1.29 is 27.7 Å². The van der Waals surface area contributed by atoms with E-state index in [0.29, 0.717) is 41.2 Å². The van der Waals surface area contributed by atoms with Gasteiger partial charge in [0.15, 0.2) is 5.78 Å². The molecule has 0 radical (unpaired) electrons. The molecule has 1 fully saturated rings. The number of nitrogens with zero attached hydrogens (tertiary/aromatic N) is 2. The van der Waals surface area contributed by atoms with Crippen LogP contribution in [0.5, 0.6) is 0 Å². The number of carbonyl (C=O) groups is 2. The average molecular weight is 433 g/mol. The second kappa shape index (κ2) is 8.48. The summed E-state index contributed by atoms with van der Waals surface area (Å²) in [5, 5.41) is 0. The van der Waals surface area contributed by atoms with Crippen LogP contribution in [-0.2, 0) is 11.0 Å². The van der Waals surface area contributed by atoms with Gasteiger partial charge in [-0.3, -0.25) is 14.5 Å². The zero-order valence-corrected chi connectivity index (χ0v) is 16.3. The molecule has 1 amide bonds. The summed E-state index contributed by atoms with van der Waals surface area (Å²) < 4.78 is 38.4. The molecule has 0 aromatic carbocycles. The second-order valence-electron chi connectivity index (χ2n) is 6.36. The van der Waals surface area contributed by atoms with Gasteiger partial charge in [0.1, 0.15) is 19.3 Å². The number of rotatable bonds is 5. The quantitative estimate of drug-likeness (QED) is 0.679. The molecule has 2 aromatic rings. The lowest BCUT2D eigenvalue weighted by atomic mass is 10.1. The van der Waals surface area contributed by atoms with Crippen LogP contribution in [0.2, 0.25) is 4.34 Å². The summed E-state index contributed by atoms with van der Waals surface area (Å²) in [5.74, 6) is 0.361. The fraction of sp³-hybridized carbons (Fsp3) is 0.389. The molecule has 0 aliphatic carbocycles. The number of ketones is 1. The summed E-state index contributed by atoms with van der Waals surface area (Å²) in [7, 11) is 0. The van der Waals surface area contributed by atoms with Crippen LogP contribution in [0.4, 0.5) is 19.0 Å². The molecule has 0 saturated carbocycles. The van der Waals surface area contributed by atoms with E-state index >= 15 is 0 Å². The van der Waals surface area contributed by atoms with E-state index in [0.717, 1.165) is 12.3 Å². The van der Waals surface area contributed by atoms with Crippen LogP contribution >= 0.6 is 22.9 Å². The van der Waals surface area contributed by atoms with Crippen LogP contribution in [0.15, 0.2) is 30.5 Å². The van der Waals surface area contributed by atoms with Crippen molar-refractivity contribution in [2.45, 2.75) is 19.0 Å². The third-order valence-corrected chi connectivity index (χ3v) is 5.78. The lowest BCUT2D eigenvalue weighted by molar-refractivity contribution is -0.367. The van der Waals surface area contributed by atoms with Gasteiger partial charge in [-0.2, -0.15) is 13.2 Å². The van der Waals surface area contributed by atoms with Gasteiger partial charge in [0.05, 0.1) is 27.9 Å². The van der Waals surface area contributed by atoms with Crippen LogP contribution in [-0.4, -0.2) is 42.8 Å². The van der Waals surface area contributed by atoms with E-state index in [1.54, 1.807) is 17.0 Å². The number of carbonyl (C=O) groups excluding carboxylic acids is 2. The Bertz CT molecular complexity index is 847. The minimum absolute atomic E-state index is 0.105. The number of Topliss-reactive ketones (excluding diaryl/α,β-unsaturated/α-hetero) is 1. The van der Waals surface area contributed by atoms with Crippen molar-refractivity contribution in [2.75, 3.05) is 31.1 Å². The predicted molar refractivity (Wildman–Crippen MR) is 99.7 cm³/mol. The Balaban J connectivity index is 1.48. The van der Waals surface area contributed by atoms with Gasteiger partial charge in [0.25, 0.3) is 5.82 Å². The van der Waals surface area contributed by atoms with Crippen LogP contribution in [0, 0.1) is 0 Å². The highest BCUT2D eigenvalue weighted by atomic mass is 35.5. The summed E-state index contributed by atoms with van der Waals surface area (Å²) >= 11 is 7.01. The molecular formula is C18H18ClF3N3O2S+. The molecule has 3 rings (SSSR count). The topological polar surface area (TPSA) is 54.8 Å². The third kappa shape index (κ3) is 5.02. The first-order valence-electron chi connectivity index (χ1n) is 8.64. The van der Waals surface area contributed by atoms with E-state index in [2.05, 4.69) is 4.98 Å². The molecule has 3 heterocycles. The molecule has 0 unspecified atom stereocenters. The Morgan fingerprint density at radius 2 is 1.79 bits per heavy atom. The van der Waals surface area contributed by atoms with Crippen molar-refractivity contribution >= 4 is 40.4 Å². The highest BCUT2D eigenvalue weighted by molar-refractivity contribution is 7.18. The first-order valence-corrected chi connectivity index (χ1v) is 9.83. The van der Waals surface area contributed by atoms with Crippen molar-refractivity contribution in [2.24, 2.45) is 0 Å². The molecule has 1 N–H and O–H groups in total. The molecule has 2 aromatic heterocycles. The van der Waals surface area contributed by atoms with Gasteiger partial charge in [-0.25, -0.2) is 4.98 Å². The summed E-state index contributed by atoms with van der Waals surface area (Å²) in [5.41, 5.74) is -0.734. The summed E-state index contributed by atoms with van der Waals surface area (Å²) in [6.07, 6.45) is -3.19. The Hall–Kier alpha value is -2.13. The fourth-order valence-corrected chi connectivity index (χ4v) is 3.96. The van der Waals surface area contributed by atoms with E-state index in [1.165, 1.54) is 17.4 Å². The molecular weight excluding hydrogens is 415 g/mol. The summed E-state index contributed by atoms with van der Waals surface area (Å²) in [6, 6.07) is 5.73.